The van der Waals surface area contributed by atoms with E-state index in [2.05, 4.69) is 5.32 Å². The number of anilines is 1. The summed E-state index contributed by atoms with van der Waals surface area (Å²) in [6, 6.07) is 13.3. The van der Waals surface area contributed by atoms with E-state index in [1.807, 2.05) is 39.8 Å². The average molecular weight is 552 g/mol. The molecule has 0 saturated heterocycles. The van der Waals surface area contributed by atoms with E-state index in [9.17, 15) is 18.0 Å². The smallest absolute Gasteiger partial charge is 0.242 e. The van der Waals surface area contributed by atoms with Gasteiger partial charge in [-0.3, -0.25) is 13.9 Å². The lowest BCUT2D eigenvalue weighted by atomic mass is 10.1. The molecule has 0 heterocycles. The van der Waals surface area contributed by atoms with Crippen LogP contribution in [-0.4, -0.2) is 56.1 Å². The fraction of sp³-hybridized carbons (Fsp3) is 0.481. The van der Waals surface area contributed by atoms with Gasteiger partial charge in [-0.1, -0.05) is 35.9 Å². The van der Waals surface area contributed by atoms with E-state index in [-0.39, 0.29) is 37.7 Å². The minimum absolute atomic E-state index is 0.0591. The summed E-state index contributed by atoms with van der Waals surface area (Å²) < 4.78 is 32.1. The molecule has 10 heteroatoms. The van der Waals surface area contributed by atoms with E-state index >= 15 is 0 Å². The molecule has 0 bridgehead atoms. The zero-order chi connectivity index (χ0) is 27.8. The summed E-state index contributed by atoms with van der Waals surface area (Å²) >= 11 is 6.01. The number of para-hydroxylation sites is 2. The number of ether oxygens (including phenoxy) is 1. The van der Waals surface area contributed by atoms with E-state index in [1.165, 1.54) is 9.21 Å². The second-order valence-electron chi connectivity index (χ2n) is 9.90. The molecule has 8 nitrogen and oxygen atoms in total. The predicted octanol–water partition coefficient (Wildman–Crippen LogP) is 4.62. The minimum atomic E-state index is -3.63. The molecule has 2 amide bonds. The maximum atomic E-state index is 13.4. The number of carbonyl (C=O) groups excluding carboxylic acids is 2. The van der Waals surface area contributed by atoms with Crippen LogP contribution >= 0.6 is 11.6 Å². The fourth-order valence-electron chi connectivity index (χ4n) is 3.77. The van der Waals surface area contributed by atoms with Crippen molar-refractivity contribution in [1.82, 2.24) is 10.2 Å². The predicted molar refractivity (Wildman–Crippen MR) is 148 cm³/mol. The van der Waals surface area contributed by atoms with E-state index in [0.29, 0.717) is 23.1 Å². The van der Waals surface area contributed by atoms with Crippen LogP contribution in [0.2, 0.25) is 5.02 Å². The SMILES string of the molecule is CCOc1ccccc1N(CCCC(=O)N(Cc1ccc(Cl)cc1)[C@H](C)C(=O)NC(C)(C)C)S(C)(=O)=O. The molecule has 0 aromatic heterocycles. The van der Waals surface area contributed by atoms with E-state index in [4.69, 9.17) is 16.3 Å². The number of hydrogen-bond acceptors (Lipinski definition) is 5. The van der Waals surface area contributed by atoms with Crippen molar-refractivity contribution >= 4 is 39.1 Å². The van der Waals surface area contributed by atoms with Crippen LogP contribution in [0.5, 0.6) is 5.75 Å². The molecule has 0 spiro atoms. The lowest BCUT2D eigenvalue weighted by Gasteiger charge is -2.32. The third-order valence-electron chi connectivity index (χ3n) is 5.52. The molecular weight excluding hydrogens is 514 g/mol. The van der Waals surface area contributed by atoms with Crippen molar-refractivity contribution in [3.05, 3.63) is 59.1 Å². The highest BCUT2D eigenvalue weighted by Crippen LogP contribution is 2.30. The molecule has 0 aliphatic rings. The first-order valence-electron chi connectivity index (χ1n) is 12.3. The molecule has 1 N–H and O–H groups in total. The molecule has 0 saturated carbocycles. The Kier molecular flexibility index (Phi) is 10.8. The molecule has 0 unspecified atom stereocenters. The number of nitrogens with one attached hydrogen (secondary N) is 1. The van der Waals surface area contributed by atoms with Gasteiger partial charge in [-0.2, -0.15) is 0 Å². The van der Waals surface area contributed by atoms with Crippen molar-refractivity contribution in [2.45, 2.75) is 65.6 Å². The van der Waals surface area contributed by atoms with Crippen molar-refractivity contribution in [2.24, 2.45) is 0 Å². The standard InChI is InChI=1S/C27H38ClN3O5S/c1-7-36-24-12-9-8-11-23(24)31(37(6,34)35)18-10-13-25(32)30(19-21-14-16-22(28)17-15-21)20(2)26(33)29-27(3,4)5/h8-9,11-12,14-17,20H,7,10,13,18-19H2,1-6H3,(H,29,33)/t20-/m1/s1. The Labute approximate surface area is 226 Å². The summed E-state index contributed by atoms with van der Waals surface area (Å²) in [5.41, 5.74) is 0.802. The van der Waals surface area contributed by atoms with Gasteiger partial charge in [-0.15, -0.1) is 0 Å². The van der Waals surface area contributed by atoms with Crippen molar-refractivity contribution in [3.63, 3.8) is 0 Å². The maximum Gasteiger partial charge on any atom is 0.242 e. The fourth-order valence-corrected chi connectivity index (χ4v) is 4.86. The third kappa shape index (κ3) is 9.55. The number of amides is 2. The third-order valence-corrected chi connectivity index (χ3v) is 6.95. The van der Waals surface area contributed by atoms with Crippen LogP contribution < -0.4 is 14.4 Å². The Morgan fingerprint density at radius 1 is 1.08 bits per heavy atom. The van der Waals surface area contributed by atoms with Crippen LogP contribution in [-0.2, 0) is 26.2 Å². The molecule has 0 aliphatic carbocycles. The number of nitrogens with zero attached hydrogens (tertiary/aromatic N) is 2. The number of sulfonamides is 1. The highest BCUT2D eigenvalue weighted by molar-refractivity contribution is 7.92. The molecule has 37 heavy (non-hydrogen) atoms. The summed E-state index contributed by atoms with van der Waals surface area (Å²) in [6.07, 6.45) is 1.45. The van der Waals surface area contributed by atoms with Gasteiger partial charge in [0.25, 0.3) is 0 Å². The molecule has 2 aromatic rings. The van der Waals surface area contributed by atoms with Crippen LogP contribution in [0.15, 0.2) is 48.5 Å². The largest absolute Gasteiger partial charge is 0.492 e. The van der Waals surface area contributed by atoms with Crippen LogP contribution in [0.1, 0.15) is 53.0 Å². The Morgan fingerprint density at radius 3 is 2.27 bits per heavy atom. The lowest BCUT2D eigenvalue weighted by molar-refractivity contribution is -0.141. The molecule has 2 aromatic carbocycles. The van der Waals surface area contributed by atoms with Gasteiger partial charge in [0.2, 0.25) is 21.8 Å². The highest BCUT2D eigenvalue weighted by Gasteiger charge is 2.29. The Morgan fingerprint density at radius 2 is 1.70 bits per heavy atom. The molecule has 2 rings (SSSR count). The lowest BCUT2D eigenvalue weighted by Crippen LogP contribution is -2.52. The van der Waals surface area contributed by atoms with Crippen LogP contribution in [0.25, 0.3) is 0 Å². The van der Waals surface area contributed by atoms with Gasteiger partial charge in [-0.25, -0.2) is 8.42 Å². The normalized spacial score (nSPS) is 12.5. The van der Waals surface area contributed by atoms with Gasteiger partial charge in [0.05, 0.1) is 18.6 Å². The molecular formula is C27H38ClN3O5S. The van der Waals surface area contributed by atoms with Gasteiger partial charge in [-0.05, 0) is 70.9 Å². The summed E-state index contributed by atoms with van der Waals surface area (Å²) in [6.45, 7) is 9.85. The number of carbonyl (C=O) groups is 2. The Bertz CT molecular complexity index is 1160. The van der Waals surface area contributed by atoms with Crippen LogP contribution in [0, 0.1) is 0 Å². The Hall–Kier alpha value is -2.78. The summed E-state index contributed by atoms with van der Waals surface area (Å²) in [5.74, 6) is -0.0603. The first-order valence-corrected chi connectivity index (χ1v) is 14.5. The molecule has 0 radical (unpaired) electrons. The Balaban J connectivity index is 2.22. The summed E-state index contributed by atoms with van der Waals surface area (Å²) in [7, 11) is -3.63. The van der Waals surface area contributed by atoms with Gasteiger partial charge >= 0.3 is 0 Å². The van der Waals surface area contributed by atoms with Crippen molar-refractivity contribution in [2.75, 3.05) is 23.7 Å². The number of benzene rings is 2. The second-order valence-corrected chi connectivity index (χ2v) is 12.2. The molecule has 204 valence electrons. The van der Waals surface area contributed by atoms with Gasteiger partial charge in [0.1, 0.15) is 11.8 Å². The quantitative estimate of drug-likeness (QED) is 0.415. The summed E-state index contributed by atoms with van der Waals surface area (Å²) in [4.78, 5) is 27.8. The zero-order valence-corrected chi connectivity index (χ0v) is 24.0. The van der Waals surface area contributed by atoms with Crippen molar-refractivity contribution in [3.8, 4) is 5.75 Å². The molecule has 0 aliphatic heterocycles. The van der Waals surface area contributed by atoms with Gasteiger partial charge < -0.3 is 15.0 Å². The first-order chi connectivity index (χ1) is 17.2. The second kappa shape index (κ2) is 13.1. The van der Waals surface area contributed by atoms with Crippen molar-refractivity contribution < 1.29 is 22.7 Å². The number of halogens is 1. The number of hydrogen-bond donors (Lipinski definition) is 1. The average Bonchev–Trinajstić information content (AvgIpc) is 2.80. The topological polar surface area (TPSA) is 96.0 Å². The number of rotatable bonds is 12. The summed E-state index contributed by atoms with van der Waals surface area (Å²) in [5, 5.41) is 3.50. The zero-order valence-electron chi connectivity index (χ0n) is 22.5. The van der Waals surface area contributed by atoms with Gasteiger partial charge in [0.15, 0.2) is 0 Å². The first kappa shape index (κ1) is 30.4. The van der Waals surface area contributed by atoms with Crippen molar-refractivity contribution in [1.29, 1.82) is 0 Å². The van der Waals surface area contributed by atoms with E-state index in [1.54, 1.807) is 43.3 Å². The minimum Gasteiger partial charge on any atom is -0.492 e. The van der Waals surface area contributed by atoms with E-state index in [0.717, 1.165) is 11.8 Å². The molecule has 1 atom stereocenters. The van der Waals surface area contributed by atoms with E-state index < -0.39 is 21.6 Å². The maximum absolute atomic E-state index is 13.4. The van der Waals surface area contributed by atoms with Crippen LogP contribution in [0.3, 0.4) is 0 Å². The highest BCUT2D eigenvalue weighted by atomic mass is 35.5. The molecule has 0 fully saturated rings. The van der Waals surface area contributed by atoms with Crippen LogP contribution in [0.4, 0.5) is 5.69 Å². The monoisotopic (exact) mass is 551 g/mol. The van der Waals surface area contributed by atoms with Gasteiger partial charge in [0, 0.05) is 30.1 Å².